The standard InChI is InChI=1S/C10H30GeN2Si4Te/c1-14(2)12(15(3)4)11(18)13(16(5,6)7)17(8,9)10/h1-10H3. The summed E-state index contributed by atoms with van der Waals surface area (Å²) in [5.74, 6) is 0. The van der Waals surface area contributed by atoms with Gasteiger partial charge in [0.05, 0.1) is 0 Å². The molecule has 8 heteroatoms. The van der Waals surface area contributed by atoms with E-state index in [0.717, 1.165) is 0 Å². The van der Waals surface area contributed by atoms with Crippen molar-refractivity contribution in [2.45, 2.75) is 65.5 Å². The van der Waals surface area contributed by atoms with Crippen molar-refractivity contribution >= 4 is 64.7 Å². The molecular formula is C10H30GeN2Si4Te. The van der Waals surface area contributed by atoms with Crippen LogP contribution in [0.2, 0.25) is 65.5 Å². The van der Waals surface area contributed by atoms with Gasteiger partial charge in [0, 0.05) is 0 Å². The third-order valence-electron chi connectivity index (χ3n) is 2.62. The van der Waals surface area contributed by atoms with E-state index in [9.17, 15) is 0 Å². The summed E-state index contributed by atoms with van der Waals surface area (Å²) in [6.07, 6.45) is 0. The second-order valence-corrected chi connectivity index (χ2v) is 34.6. The third-order valence-corrected chi connectivity index (χ3v) is 49.7. The van der Waals surface area contributed by atoms with Crippen LogP contribution >= 0.6 is 0 Å². The molecule has 0 saturated carbocycles. The fourth-order valence-corrected chi connectivity index (χ4v) is 73.3. The molecule has 0 rings (SSSR count). The predicted octanol–water partition coefficient (Wildman–Crippen LogP) is 2.92. The van der Waals surface area contributed by atoms with Crippen LogP contribution in [0.1, 0.15) is 0 Å². The molecule has 2 nitrogen and oxygen atoms in total. The van der Waals surface area contributed by atoms with Crippen molar-refractivity contribution in [1.29, 1.82) is 0 Å². The Balaban J connectivity index is 5.46. The molecule has 0 aromatic carbocycles. The van der Waals surface area contributed by atoms with E-state index >= 15 is 0 Å². The van der Waals surface area contributed by atoms with Crippen LogP contribution in [0.5, 0.6) is 0 Å². The van der Waals surface area contributed by atoms with Crippen LogP contribution in [0.15, 0.2) is 0 Å². The number of nitrogens with zero attached hydrogens (tertiary/aromatic N) is 2. The molecule has 18 heavy (non-hydrogen) atoms. The maximum absolute atomic E-state index is 3.12. The minimum absolute atomic E-state index is 0.277. The quantitative estimate of drug-likeness (QED) is 0.528. The molecule has 0 atom stereocenters. The monoisotopic (exact) mass is 494 g/mol. The van der Waals surface area contributed by atoms with Gasteiger partial charge in [0.1, 0.15) is 0 Å². The summed E-state index contributed by atoms with van der Waals surface area (Å²) in [5, 5.41) is 0. The van der Waals surface area contributed by atoms with E-state index in [1.807, 2.05) is 0 Å². The summed E-state index contributed by atoms with van der Waals surface area (Å²) in [6.45, 7) is 25.3. The van der Waals surface area contributed by atoms with E-state index in [4.69, 9.17) is 0 Å². The first-order chi connectivity index (χ1) is 7.80. The van der Waals surface area contributed by atoms with Gasteiger partial charge < -0.3 is 0 Å². The molecule has 0 amide bonds. The zero-order valence-electron chi connectivity index (χ0n) is 13.8. The van der Waals surface area contributed by atoms with Gasteiger partial charge in [-0.1, -0.05) is 0 Å². The SMILES string of the molecule is C[Si](C)[N]([Si](C)C)[Ge](=[Te])[N]([Si](C)(C)C)[Si](C)(C)C. The summed E-state index contributed by atoms with van der Waals surface area (Å²) in [5.41, 5.74) is 0. The van der Waals surface area contributed by atoms with E-state index in [-0.39, 0.29) is 17.9 Å². The van der Waals surface area contributed by atoms with Crippen LogP contribution in [0, 0.1) is 0 Å². The Kier molecular flexibility index (Phi) is 7.90. The van der Waals surface area contributed by atoms with Gasteiger partial charge in [-0.3, -0.25) is 0 Å². The Hall–Kier alpha value is 1.80. The predicted molar refractivity (Wildman–Crippen MR) is 96.8 cm³/mol. The number of hydrogen-bond acceptors (Lipinski definition) is 2. The summed E-state index contributed by atoms with van der Waals surface area (Å²) in [4.78, 5) is 0. The summed E-state index contributed by atoms with van der Waals surface area (Å²) in [7, 11) is -4.13. The van der Waals surface area contributed by atoms with Gasteiger partial charge in [-0.05, 0) is 0 Å². The molecule has 0 N–H and O–H groups in total. The van der Waals surface area contributed by atoms with Crippen molar-refractivity contribution in [3.63, 3.8) is 0 Å². The van der Waals surface area contributed by atoms with Gasteiger partial charge in [-0.25, -0.2) is 0 Å². The van der Waals surface area contributed by atoms with Gasteiger partial charge in [0.15, 0.2) is 0 Å². The molecule has 0 fully saturated rings. The van der Waals surface area contributed by atoms with Crippen molar-refractivity contribution < 1.29 is 0 Å². The van der Waals surface area contributed by atoms with Gasteiger partial charge >= 0.3 is 137 Å². The summed E-state index contributed by atoms with van der Waals surface area (Å²) in [6, 6.07) is 0. The minimum atomic E-state index is -1.22. The zero-order valence-corrected chi connectivity index (χ0v) is 22.2. The van der Waals surface area contributed by atoms with E-state index < -0.39 is 27.4 Å². The molecule has 2 radical (unpaired) electrons. The third kappa shape index (κ3) is 5.66. The summed E-state index contributed by atoms with van der Waals surface area (Å²) < 4.78 is 6.16. The summed E-state index contributed by atoms with van der Waals surface area (Å²) >= 11 is 2.55. The topological polar surface area (TPSA) is 6.48 Å². The molecule has 106 valence electrons. The maximum atomic E-state index is 3.12. The fraction of sp³-hybridized carbons (Fsp3) is 1.00. The van der Waals surface area contributed by atoms with E-state index in [2.05, 4.69) is 91.2 Å². The van der Waals surface area contributed by atoms with Gasteiger partial charge in [-0.15, -0.1) is 0 Å². The van der Waals surface area contributed by atoms with Crippen molar-refractivity contribution in [2.75, 3.05) is 0 Å². The van der Waals surface area contributed by atoms with Crippen molar-refractivity contribution in [3.8, 4) is 0 Å². The van der Waals surface area contributed by atoms with Gasteiger partial charge in [-0.2, -0.15) is 0 Å². The average molecular weight is 491 g/mol. The Morgan fingerprint density at radius 2 is 1.06 bits per heavy atom. The Labute approximate surface area is 135 Å². The molecule has 0 saturated heterocycles. The first-order valence-corrected chi connectivity index (χ1v) is 27.1. The van der Waals surface area contributed by atoms with Crippen molar-refractivity contribution in [2.24, 2.45) is 0 Å². The molecule has 0 unspecified atom stereocenters. The molecule has 0 aromatic rings. The second kappa shape index (κ2) is 7.18. The van der Waals surface area contributed by atoms with Crippen LogP contribution < -0.4 is 0 Å². The van der Waals surface area contributed by atoms with Crippen LogP contribution in [-0.4, -0.2) is 71.1 Å². The van der Waals surface area contributed by atoms with Gasteiger partial charge in [0.2, 0.25) is 0 Å². The normalized spacial score (nSPS) is 13.1. The fourth-order valence-electron chi connectivity index (χ4n) is 2.51. The molecular weight excluding hydrogens is 461 g/mol. The molecule has 0 bridgehead atoms. The molecule has 0 aliphatic carbocycles. The Morgan fingerprint density at radius 3 is 1.22 bits per heavy atom. The molecule has 0 aromatic heterocycles. The van der Waals surface area contributed by atoms with Crippen LogP contribution in [0.25, 0.3) is 0 Å². The van der Waals surface area contributed by atoms with Gasteiger partial charge in [0.25, 0.3) is 0 Å². The van der Waals surface area contributed by atoms with E-state index in [1.54, 1.807) is 0 Å². The van der Waals surface area contributed by atoms with Crippen molar-refractivity contribution in [1.82, 2.24) is 6.38 Å². The van der Waals surface area contributed by atoms with E-state index in [0.29, 0.717) is 0 Å². The van der Waals surface area contributed by atoms with Crippen molar-refractivity contribution in [3.05, 3.63) is 0 Å². The molecule has 0 aliphatic rings. The molecule has 0 heterocycles. The molecule has 0 aliphatic heterocycles. The second-order valence-electron chi connectivity index (χ2n) is 7.19. The van der Waals surface area contributed by atoms with Crippen LogP contribution in [-0.2, 0) is 0 Å². The first kappa shape index (κ1) is 19.8. The number of hydrogen-bond donors (Lipinski definition) is 0. The first-order valence-electron chi connectivity index (χ1n) is 6.55. The number of rotatable bonds is 6. The van der Waals surface area contributed by atoms with E-state index in [1.165, 1.54) is 0 Å². The Bertz CT molecular complexity index is 277. The molecule has 0 spiro atoms. The van der Waals surface area contributed by atoms with Crippen LogP contribution in [0.3, 0.4) is 0 Å². The zero-order chi connectivity index (χ0) is 14.9. The Morgan fingerprint density at radius 1 is 0.778 bits per heavy atom. The average Bonchev–Trinajstić information content (AvgIpc) is 1.93. The van der Waals surface area contributed by atoms with Crippen LogP contribution in [0.4, 0.5) is 0 Å².